The molecule has 0 unspecified atom stereocenters. The van der Waals surface area contributed by atoms with Gasteiger partial charge in [0.15, 0.2) is 0 Å². The van der Waals surface area contributed by atoms with Crippen LogP contribution in [0.3, 0.4) is 0 Å². The second kappa shape index (κ2) is 3.41. The highest BCUT2D eigenvalue weighted by Crippen LogP contribution is 2.16. The molecular weight excluding hydrogens is 176 g/mol. The number of nitrogens with zero attached hydrogens (tertiary/aromatic N) is 3. The highest BCUT2D eigenvalue weighted by Gasteiger charge is 2.01. The molecule has 70 valence electrons. The topological polar surface area (TPSA) is 64.7 Å². The molecule has 0 aromatic carbocycles. The lowest BCUT2D eigenvalue weighted by Gasteiger charge is -2.02. The summed E-state index contributed by atoms with van der Waals surface area (Å²) in [5, 5.41) is 0. The Kier molecular flexibility index (Phi) is 2.10. The van der Waals surface area contributed by atoms with Gasteiger partial charge in [0.05, 0.1) is 5.69 Å². The fourth-order valence-corrected chi connectivity index (χ4v) is 1.25. The third-order valence-corrected chi connectivity index (χ3v) is 1.82. The minimum atomic E-state index is 0.483. The number of hydrogen-bond acceptors (Lipinski definition) is 4. The first-order chi connectivity index (χ1) is 6.75. The van der Waals surface area contributed by atoms with E-state index in [2.05, 4.69) is 15.0 Å². The molecule has 0 fully saturated rings. The Morgan fingerprint density at radius 2 is 2.14 bits per heavy atom. The van der Waals surface area contributed by atoms with Crippen molar-refractivity contribution in [1.82, 2.24) is 15.0 Å². The van der Waals surface area contributed by atoms with E-state index < -0.39 is 0 Å². The van der Waals surface area contributed by atoms with Gasteiger partial charge in [-0.1, -0.05) is 0 Å². The van der Waals surface area contributed by atoms with Crippen LogP contribution in [0.15, 0.2) is 30.6 Å². The molecule has 4 heteroatoms. The van der Waals surface area contributed by atoms with E-state index in [0.717, 1.165) is 11.3 Å². The summed E-state index contributed by atoms with van der Waals surface area (Å²) >= 11 is 0. The summed E-state index contributed by atoms with van der Waals surface area (Å²) in [4.78, 5) is 12.3. The molecule has 2 aromatic rings. The van der Waals surface area contributed by atoms with Gasteiger partial charge in [0.2, 0.25) is 0 Å². The third kappa shape index (κ3) is 1.69. The summed E-state index contributed by atoms with van der Waals surface area (Å²) in [5.74, 6) is 1.15. The maximum Gasteiger partial charge on any atom is 0.128 e. The lowest BCUT2D eigenvalue weighted by Crippen LogP contribution is -1.97. The van der Waals surface area contributed by atoms with Crippen LogP contribution < -0.4 is 5.73 Å². The first-order valence-electron chi connectivity index (χ1n) is 4.27. The zero-order valence-electron chi connectivity index (χ0n) is 7.81. The molecule has 14 heavy (non-hydrogen) atoms. The lowest BCUT2D eigenvalue weighted by atomic mass is 10.2. The second-order valence-electron chi connectivity index (χ2n) is 2.97. The molecule has 0 aliphatic carbocycles. The number of anilines is 1. The van der Waals surface area contributed by atoms with E-state index in [9.17, 15) is 0 Å². The van der Waals surface area contributed by atoms with Crippen LogP contribution in [-0.4, -0.2) is 15.0 Å². The van der Waals surface area contributed by atoms with Gasteiger partial charge in [0.1, 0.15) is 11.6 Å². The molecule has 0 saturated carbocycles. The van der Waals surface area contributed by atoms with Crippen LogP contribution in [-0.2, 0) is 0 Å². The van der Waals surface area contributed by atoms with Gasteiger partial charge in [-0.25, -0.2) is 9.97 Å². The molecule has 0 aliphatic heterocycles. The standard InChI is InChI=1S/C10H10N4/c1-7-13-9(5-10(11)14-7)8-3-2-4-12-6-8/h2-6H,1H3,(H2,11,13,14). The molecule has 0 atom stereocenters. The van der Waals surface area contributed by atoms with Gasteiger partial charge >= 0.3 is 0 Å². The molecule has 0 saturated heterocycles. The molecule has 4 nitrogen and oxygen atoms in total. The molecule has 0 amide bonds. The van der Waals surface area contributed by atoms with Crippen LogP contribution in [0, 0.1) is 6.92 Å². The highest BCUT2D eigenvalue weighted by atomic mass is 14.9. The molecule has 0 radical (unpaired) electrons. The Morgan fingerprint density at radius 3 is 2.79 bits per heavy atom. The maximum absolute atomic E-state index is 5.63. The minimum absolute atomic E-state index is 0.483. The van der Waals surface area contributed by atoms with E-state index in [4.69, 9.17) is 5.73 Å². The van der Waals surface area contributed by atoms with Crippen molar-refractivity contribution in [2.24, 2.45) is 0 Å². The number of aromatic nitrogens is 3. The van der Waals surface area contributed by atoms with Crippen molar-refractivity contribution in [2.45, 2.75) is 6.92 Å². The number of nitrogen functional groups attached to an aromatic ring is 1. The lowest BCUT2D eigenvalue weighted by molar-refractivity contribution is 1.06. The summed E-state index contributed by atoms with van der Waals surface area (Å²) in [6, 6.07) is 5.54. The normalized spacial score (nSPS) is 10.1. The van der Waals surface area contributed by atoms with Gasteiger partial charge in [-0.3, -0.25) is 4.98 Å². The molecule has 2 heterocycles. The smallest absolute Gasteiger partial charge is 0.128 e. The van der Waals surface area contributed by atoms with Gasteiger partial charge in [-0.15, -0.1) is 0 Å². The number of nitrogens with two attached hydrogens (primary N) is 1. The quantitative estimate of drug-likeness (QED) is 0.731. The summed E-state index contributed by atoms with van der Waals surface area (Å²) < 4.78 is 0. The SMILES string of the molecule is Cc1nc(N)cc(-c2cccnc2)n1. The molecule has 2 aromatic heterocycles. The average molecular weight is 186 g/mol. The van der Waals surface area contributed by atoms with Crippen LogP contribution in [0.2, 0.25) is 0 Å². The number of hydrogen-bond donors (Lipinski definition) is 1. The Hall–Kier alpha value is -1.97. The van der Waals surface area contributed by atoms with Crippen LogP contribution in [0.25, 0.3) is 11.3 Å². The summed E-state index contributed by atoms with van der Waals surface area (Å²) in [5.41, 5.74) is 7.38. The Bertz CT molecular complexity index is 419. The fourth-order valence-electron chi connectivity index (χ4n) is 1.25. The van der Waals surface area contributed by atoms with E-state index >= 15 is 0 Å². The van der Waals surface area contributed by atoms with E-state index in [1.54, 1.807) is 18.5 Å². The van der Waals surface area contributed by atoms with Crippen molar-refractivity contribution >= 4 is 5.82 Å². The predicted octanol–water partition coefficient (Wildman–Crippen LogP) is 1.43. The van der Waals surface area contributed by atoms with E-state index in [0.29, 0.717) is 11.6 Å². The molecule has 0 bridgehead atoms. The summed E-state index contributed by atoms with van der Waals surface area (Å²) in [6.07, 6.45) is 3.47. The Morgan fingerprint density at radius 1 is 1.29 bits per heavy atom. The minimum Gasteiger partial charge on any atom is -0.384 e. The fraction of sp³-hybridized carbons (Fsp3) is 0.100. The van der Waals surface area contributed by atoms with Crippen molar-refractivity contribution in [2.75, 3.05) is 5.73 Å². The van der Waals surface area contributed by atoms with Gasteiger partial charge in [-0.05, 0) is 19.1 Å². The number of aryl methyl sites for hydroxylation is 1. The van der Waals surface area contributed by atoms with Gasteiger partial charge in [-0.2, -0.15) is 0 Å². The number of rotatable bonds is 1. The first kappa shape index (κ1) is 8.62. The second-order valence-corrected chi connectivity index (χ2v) is 2.97. The monoisotopic (exact) mass is 186 g/mol. The first-order valence-corrected chi connectivity index (χ1v) is 4.27. The van der Waals surface area contributed by atoms with Crippen molar-refractivity contribution in [3.8, 4) is 11.3 Å². The van der Waals surface area contributed by atoms with E-state index in [-0.39, 0.29) is 0 Å². The molecule has 0 spiro atoms. The molecule has 2 rings (SSSR count). The zero-order valence-corrected chi connectivity index (χ0v) is 7.81. The van der Waals surface area contributed by atoms with Crippen LogP contribution in [0.4, 0.5) is 5.82 Å². The highest BCUT2D eigenvalue weighted by molar-refractivity contribution is 5.60. The van der Waals surface area contributed by atoms with E-state index in [1.165, 1.54) is 0 Å². The third-order valence-electron chi connectivity index (χ3n) is 1.82. The van der Waals surface area contributed by atoms with Crippen molar-refractivity contribution in [1.29, 1.82) is 0 Å². The van der Waals surface area contributed by atoms with E-state index in [1.807, 2.05) is 19.1 Å². The predicted molar refractivity (Wildman–Crippen MR) is 54.4 cm³/mol. The van der Waals surface area contributed by atoms with Crippen LogP contribution in [0.1, 0.15) is 5.82 Å². The van der Waals surface area contributed by atoms with Crippen molar-refractivity contribution in [3.05, 3.63) is 36.4 Å². The van der Waals surface area contributed by atoms with Crippen LogP contribution in [0.5, 0.6) is 0 Å². The number of pyridine rings is 1. The zero-order chi connectivity index (χ0) is 9.97. The van der Waals surface area contributed by atoms with Gasteiger partial charge < -0.3 is 5.73 Å². The molecule has 0 aliphatic rings. The Labute approximate surface area is 81.9 Å². The van der Waals surface area contributed by atoms with Gasteiger partial charge in [0, 0.05) is 24.0 Å². The summed E-state index contributed by atoms with van der Waals surface area (Å²) in [6.45, 7) is 1.82. The Balaban J connectivity index is 2.52. The van der Waals surface area contributed by atoms with Crippen molar-refractivity contribution in [3.63, 3.8) is 0 Å². The molecular formula is C10H10N4. The van der Waals surface area contributed by atoms with Crippen molar-refractivity contribution < 1.29 is 0 Å². The average Bonchev–Trinajstić information content (AvgIpc) is 2.18. The largest absolute Gasteiger partial charge is 0.384 e. The van der Waals surface area contributed by atoms with Gasteiger partial charge in [0.25, 0.3) is 0 Å². The summed E-state index contributed by atoms with van der Waals surface area (Å²) in [7, 11) is 0. The van der Waals surface area contributed by atoms with Crippen LogP contribution >= 0.6 is 0 Å². The maximum atomic E-state index is 5.63. The molecule has 2 N–H and O–H groups in total.